The van der Waals surface area contributed by atoms with Crippen molar-refractivity contribution in [2.45, 2.75) is 25.7 Å². The van der Waals surface area contributed by atoms with Gasteiger partial charge in [-0.05, 0) is 31.7 Å². The second-order valence-electron chi connectivity index (χ2n) is 6.91. The van der Waals surface area contributed by atoms with E-state index >= 15 is 0 Å². The van der Waals surface area contributed by atoms with Gasteiger partial charge in [0, 0.05) is 51.7 Å². The third-order valence-corrected chi connectivity index (χ3v) is 5.36. The van der Waals surface area contributed by atoms with Crippen LogP contribution in [0.4, 0.5) is 5.95 Å². The monoisotopic (exact) mass is 329 g/mol. The highest BCUT2D eigenvalue weighted by atomic mass is 16.2. The lowest BCUT2D eigenvalue weighted by Crippen LogP contribution is -2.53. The Morgan fingerprint density at radius 2 is 1.38 bits per heavy atom. The van der Waals surface area contributed by atoms with Crippen LogP contribution in [-0.2, 0) is 9.59 Å². The molecule has 2 aliphatic heterocycles. The molecule has 2 saturated heterocycles. The number of amides is 2. The van der Waals surface area contributed by atoms with Crippen LogP contribution in [0.1, 0.15) is 25.7 Å². The minimum Gasteiger partial charge on any atom is -0.342 e. The van der Waals surface area contributed by atoms with Crippen LogP contribution in [0.5, 0.6) is 0 Å². The van der Waals surface area contributed by atoms with Crippen molar-refractivity contribution >= 4 is 17.8 Å². The van der Waals surface area contributed by atoms with Gasteiger partial charge >= 0.3 is 0 Å². The Kier molecular flexibility index (Phi) is 3.86. The van der Waals surface area contributed by atoms with E-state index in [1.807, 2.05) is 9.80 Å². The molecule has 0 aromatic carbocycles. The second-order valence-corrected chi connectivity index (χ2v) is 6.91. The summed E-state index contributed by atoms with van der Waals surface area (Å²) in [4.78, 5) is 40.1. The number of aromatic nitrogens is 2. The van der Waals surface area contributed by atoms with Crippen LogP contribution >= 0.6 is 0 Å². The molecule has 7 heteroatoms. The number of nitrogens with zero attached hydrogens (tertiary/aromatic N) is 5. The molecule has 3 fully saturated rings. The first-order valence-electron chi connectivity index (χ1n) is 8.81. The number of likely N-dealkylation sites (tertiary alicyclic amines) is 1. The number of carbonyl (C=O) groups excluding carboxylic acids is 2. The number of rotatable bonds is 3. The minimum atomic E-state index is -0.740. The van der Waals surface area contributed by atoms with Crippen molar-refractivity contribution in [1.82, 2.24) is 19.8 Å². The molecule has 0 atom stereocenters. The van der Waals surface area contributed by atoms with Gasteiger partial charge in [-0.2, -0.15) is 0 Å². The van der Waals surface area contributed by atoms with Gasteiger partial charge in [-0.25, -0.2) is 9.97 Å². The van der Waals surface area contributed by atoms with Gasteiger partial charge in [0.05, 0.1) is 0 Å². The van der Waals surface area contributed by atoms with E-state index in [1.54, 1.807) is 18.5 Å². The van der Waals surface area contributed by atoms with Crippen LogP contribution < -0.4 is 4.90 Å². The van der Waals surface area contributed by atoms with E-state index in [0.29, 0.717) is 45.0 Å². The van der Waals surface area contributed by atoms with Gasteiger partial charge in [-0.1, -0.05) is 0 Å². The minimum absolute atomic E-state index is 0.0352. The summed E-state index contributed by atoms with van der Waals surface area (Å²) in [6.45, 7) is 4.31. The van der Waals surface area contributed by atoms with Gasteiger partial charge in [0.1, 0.15) is 5.41 Å². The summed E-state index contributed by atoms with van der Waals surface area (Å²) >= 11 is 0. The van der Waals surface area contributed by atoms with Crippen molar-refractivity contribution in [3.8, 4) is 0 Å². The average molecular weight is 329 g/mol. The maximum Gasteiger partial charge on any atom is 0.238 e. The van der Waals surface area contributed by atoms with E-state index in [-0.39, 0.29) is 11.8 Å². The normalized spacial score (nSPS) is 22.6. The molecular weight excluding hydrogens is 306 g/mol. The molecule has 2 amide bonds. The fraction of sp³-hybridized carbons (Fsp3) is 0.647. The Morgan fingerprint density at radius 1 is 0.833 bits per heavy atom. The topological polar surface area (TPSA) is 69.6 Å². The maximum atomic E-state index is 13.0. The van der Waals surface area contributed by atoms with Crippen molar-refractivity contribution in [3.05, 3.63) is 18.5 Å². The van der Waals surface area contributed by atoms with Crippen LogP contribution in [0, 0.1) is 5.41 Å². The first-order valence-corrected chi connectivity index (χ1v) is 8.81. The molecule has 128 valence electrons. The van der Waals surface area contributed by atoms with Gasteiger partial charge in [-0.15, -0.1) is 0 Å². The third-order valence-electron chi connectivity index (χ3n) is 5.36. The Balaban J connectivity index is 1.38. The fourth-order valence-corrected chi connectivity index (χ4v) is 3.73. The second kappa shape index (κ2) is 6.03. The molecule has 0 unspecified atom stereocenters. The summed E-state index contributed by atoms with van der Waals surface area (Å²) in [7, 11) is 0. The predicted octanol–water partition coefficient (Wildman–Crippen LogP) is 0.528. The van der Waals surface area contributed by atoms with Gasteiger partial charge in [-0.3, -0.25) is 9.59 Å². The first kappa shape index (κ1) is 15.4. The Bertz CT molecular complexity index is 617. The highest BCUT2D eigenvalue weighted by Gasteiger charge is 2.59. The third kappa shape index (κ3) is 2.61. The molecule has 3 aliphatic rings. The van der Waals surface area contributed by atoms with Gasteiger partial charge < -0.3 is 14.7 Å². The molecule has 4 rings (SSSR count). The summed E-state index contributed by atoms with van der Waals surface area (Å²) < 4.78 is 0. The molecule has 0 spiro atoms. The lowest BCUT2D eigenvalue weighted by Gasteiger charge is -2.36. The summed E-state index contributed by atoms with van der Waals surface area (Å²) in [6.07, 6.45) is 7.01. The van der Waals surface area contributed by atoms with Crippen LogP contribution in [0.3, 0.4) is 0 Å². The molecule has 24 heavy (non-hydrogen) atoms. The number of piperazine rings is 1. The Hall–Kier alpha value is -2.18. The number of carbonyl (C=O) groups is 2. The fourth-order valence-electron chi connectivity index (χ4n) is 3.73. The number of hydrogen-bond donors (Lipinski definition) is 0. The zero-order chi connectivity index (χ0) is 16.6. The molecular formula is C17H23N5O2. The van der Waals surface area contributed by atoms with E-state index in [1.165, 1.54) is 0 Å². The smallest absolute Gasteiger partial charge is 0.238 e. The van der Waals surface area contributed by atoms with Crippen LogP contribution in [0.15, 0.2) is 18.5 Å². The van der Waals surface area contributed by atoms with Gasteiger partial charge in [0.2, 0.25) is 17.8 Å². The van der Waals surface area contributed by atoms with E-state index < -0.39 is 5.41 Å². The molecule has 1 aromatic rings. The lowest BCUT2D eigenvalue weighted by molar-refractivity contribution is -0.149. The molecule has 7 nitrogen and oxygen atoms in total. The van der Waals surface area contributed by atoms with Gasteiger partial charge in [0.25, 0.3) is 0 Å². The molecule has 0 N–H and O–H groups in total. The summed E-state index contributed by atoms with van der Waals surface area (Å²) in [5.74, 6) is 0.811. The van der Waals surface area contributed by atoms with Crippen molar-refractivity contribution in [1.29, 1.82) is 0 Å². The number of hydrogen-bond acceptors (Lipinski definition) is 5. The van der Waals surface area contributed by atoms with Crippen molar-refractivity contribution < 1.29 is 9.59 Å². The first-order chi connectivity index (χ1) is 11.7. The van der Waals surface area contributed by atoms with Crippen LogP contribution in [0.2, 0.25) is 0 Å². The van der Waals surface area contributed by atoms with E-state index in [0.717, 1.165) is 25.9 Å². The Labute approximate surface area is 141 Å². The largest absolute Gasteiger partial charge is 0.342 e. The quantitative estimate of drug-likeness (QED) is 0.757. The summed E-state index contributed by atoms with van der Waals surface area (Å²) in [5.41, 5.74) is -0.740. The lowest BCUT2D eigenvalue weighted by atomic mass is 10.0. The predicted molar refractivity (Wildman–Crippen MR) is 88.3 cm³/mol. The average Bonchev–Trinajstić information content (AvgIpc) is 3.27. The van der Waals surface area contributed by atoms with Crippen molar-refractivity contribution in [3.63, 3.8) is 0 Å². The van der Waals surface area contributed by atoms with Crippen molar-refractivity contribution in [2.75, 3.05) is 44.2 Å². The number of anilines is 1. The van der Waals surface area contributed by atoms with Gasteiger partial charge in [0.15, 0.2) is 0 Å². The molecule has 0 radical (unpaired) electrons. The van der Waals surface area contributed by atoms with E-state index in [4.69, 9.17) is 0 Å². The van der Waals surface area contributed by atoms with Crippen LogP contribution in [-0.4, -0.2) is 70.9 Å². The SMILES string of the molecule is O=C(N1CCCC1)C1(C(=O)N2CCN(c3ncccn3)CC2)CC1. The zero-order valence-electron chi connectivity index (χ0n) is 13.9. The van der Waals surface area contributed by atoms with E-state index in [2.05, 4.69) is 14.9 Å². The molecule has 1 aliphatic carbocycles. The van der Waals surface area contributed by atoms with Crippen molar-refractivity contribution in [2.24, 2.45) is 5.41 Å². The molecule has 1 aromatic heterocycles. The summed E-state index contributed by atoms with van der Waals surface area (Å²) in [6, 6.07) is 1.80. The molecule has 3 heterocycles. The van der Waals surface area contributed by atoms with Crippen LogP contribution in [0.25, 0.3) is 0 Å². The summed E-state index contributed by atoms with van der Waals surface area (Å²) in [5, 5.41) is 0. The zero-order valence-corrected chi connectivity index (χ0v) is 13.9. The van der Waals surface area contributed by atoms with E-state index in [9.17, 15) is 9.59 Å². The highest BCUT2D eigenvalue weighted by Crippen LogP contribution is 2.49. The standard InChI is InChI=1S/C17H23N5O2/c23-14(20-8-1-2-9-20)17(4-5-17)15(24)21-10-12-22(13-11-21)16-18-6-3-7-19-16/h3,6-7H,1-2,4-5,8-13H2. The molecule has 0 bridgehead atoms. The highest BCUT2D eigenvalue weighted by molar-refractivity contribution is 6.08. The Morgan fingerprint density at radius 3 is 1.92 bits per heavy atom. The molecule has 1 saturated carbocycles. The maximum absolute atomic E-state index is 13.0.